The molecule has 2 rings (SSSR count). The van der Waals surface area contributed by atoms with Crippen LogP contribution in [-0.2, 0) is 4.79 Å². The van der Waals surface area contributed by atoms with Gasteiger partial charge in [0.1, 0.15) is 11.0 Å². The Hall–Kier alpha value is -1.93. The Morgan fingerprint density at radius 1 is 1.43 bits per heavy atom. The molecule has 0 aliphatic heterocycles. The third-order valence-electron chi connectivity index (χ3n) is 2.78. The lowest BCUT2D eigenvalue weighted by Crippen LogP contribution is -2.36. The van der Waals surface area contributed by atoms with Gasteiger partial charge in [-0.1, -0.05) is 11.6 Å². The Morgan fingerprint density at radius 2 is 2.19 bits per heavy atom. The van der Waals surface area contributed by atoms with E-state index >= 15 is 0 Å². The minimum Gasteiger partial charge on any atom is -0.481 e. The zero-order valence-corrected chi connectivity index (χ0v) is 12.7. The van der Waals surface area contributed by atoms with E-state index in [-0.39, 0.29) is 12.5 Å². The highest BCUT2D eigenvalue weighted by Crippen LogP contribution is 2.29. The quantitative estimate of drug-likeness (QED) is 0.782. The summed E-state index contributed by atoms with van der Waals surface area (Å²) < 4.78 is 8.17. The van der Waals surface area contributed by atoms with Gasteiger partial charge in [-0.05, 0) is 25.5 Å². The predicted molar refractivity (Wildman–Crippen MR) is 80.9 cm³/mol. The maximum absolute atomic E-state index is 11.9. The highest BCUT2D eigenvalue weighted by Gasteiger charge is 2.14. The van der Waals surface area contributed by atoms with Gasteiger partial charge in [0.2, 0.25) is 0 Å². The van der Waals surface area contributed by atoms with Crippen LogP contribution in [0.1, 0.15) is 19.8 Å². The van der Waals surface area contributed by atoms with Gasteiger partial charge in [0.15, 0.2) is 0 Å². The van der Waals surface area contributed by atoms with Crippen molar-refractivity contribution in [2.75, 3.05) is 5.32 Å². The first kappa shape index (κ1) is 15.5. The number of urea groups is 1. The maximum atomic E-state index is 11.9. The number of carboxylic acids is 1. The van der Waals surface area contributed by atoms with Crippen molar-refractivity contribution < 1.29 is 14.7 Å². The number of hydrogen-bond acceptors (Lipinski definition) is 5. The molecule has 2 aromatic rings. The van der Waals surface area contributed by atoms with Gasteiger partial charge < -0.3 is 15.7 Å². The van der Waals surface area contributed by atoms with E-state index in [0.717, 1.165) is 11.7 Å². The van der Waals surface area contributed by atoms with Crippen LogP contribution in [0.15, 0.2) is 12.1 Å². The summed E-state index contributed by atoms with van der Waals surface area (Å²) in [4.78, 5) is 22.4. The van der Waals surface area contributed by atoms with Crippen molar-refractivity contribution in [1.29, 1.82) is 0 Å². The number of hydrogen-bond donors (Lipinski definition) is 3. The van der Waals surface area contributed by atoms with Crippen molar-refractivity contribution in [3.8, 4) is 0 Å². The smallest absolute Gasteiger partial charge is 0.319 e. The summed E-state index contributed by atoms with van der Waals surface area (Å²) in [6.45, 7) is 1.73. The summed E-state index contributed by atoms with van der Waals surface area (Å²) in [6.07, 6.45) is 0.340. The number of aliphatic carboxylic acids is 1. The van der Waals surface area contributed by atoms with Crippen molar-refractivity contribution in [2.24, 2.45) is 0 Å². The fourth-order valence-electron chi connectivity index (χ4n) is 1.73. The first-order valence-corrected chi connectivity index (χ1v) is 7.28. The highest BCUT2D eigenvalue weighted by molar-refractivity contribution is 7.00. The van der Waals surface area contributed by atoms with Gasteiger partial charge in [-0.15, -0.1) is 0 Å². The Balaban J connectivity index is 2.03. The number of carboxylic acid groups (broad SMARTS) is 1. The third kappa shape index (κ3) is 4.02. The number of aromatic nitrogens is 2. The minimum atomic E-state index is -0.898. The number of nitrogens with one attached hydrogen (secondary N) is 2. The van der Waals surface area contributed by atoms with Crippen LogP contribution in [0.2, 0.25) is 5.02 Å². The van der Waals surface area contributed by atoms with E-state index < -0.39 is 12.0 Å². The molecular weight excluding hydrogens is 316 g/mol. The van der Waals surface area contributed by atoms with Crippen LogP contribution < -0.4 is 10.6 Å². The molecule has 2 amide bonds. The van der Waals surface area contributed by atoms with E-state index in [0.29, 0.717) is 28.2 Å². The van der Waals surface area contributed by atoms with Gasteiger partial charge in [0, 0.05) is 12.5 Å². The van der Waals surface area contributed by atoms with Crippen molar-refractivity contribution >= 4 is 52.1 Å². The molecule has 0 radical (unpaired) electrons. The van der Waals surface area contributed by atoms with Crippen LogP contribution in [0, 0.1) is 0 Å². The monoisotopic (exact) mass is 328 g/mol. The van der Waals surface area contributed by atoms with E-state index in [1.165, 1.54) is 0 Å². The molecule has 3 N–H and O–H groups in total. The first-order chi connectivity index (χ1) is 9.97. The lowest BCUT2D eigenvalue weighted by Gasteiger charge is -2.14. The molecule has 0 spiro atoms. The normalized spacial score (nSPS) is 12.1. The van der Waals surface area contributed by atoms with Crippen LogP contribution in [-0.4, -0.2) is 31.9 Å². The molecule has 21 heavy (non-hydrogen) atoms. The number of anilines is 1. The average molecular weight is 329 g/mol. The molecule has 1 atom stereocenters. The Morgan fingerprint density at radius 3 is 2.90 bits per heavy atom. The number of benzene rings is 1. The Labute approximate surface area is 129 Å². The highest BCUT2D eigenvalue weighted by atomic mass is 35.5. The topological polar surface area (TPSA) is 104 Å². The number of fused-ring (bicyclic) bond motifs is 1. The van der Waals surface area contributed by atoms with E-state index in [9.17, 15) is 9.59 Å². The molecule has 0 aliphatic carbocycles. The lowest BCUT2D eigenvalue weighted by atomic mass is 10.2. The summed E-state index contributed by atoms with van der Waals surface area (Å²) in [5, 5.41) is 14.3. The van der Waals surface area contributed by atoms with E-state index in [4.69, 9.17) is 16.7 Å². The van der Waals surface area contributed by atoms with E-state index in [2.05, 4.69) is 19.4 Å². The summed E-state index contributed by atoms with van der Waals surface area (Å²) in [5.41, 5.74) is 1.57. The Kier molecular flexibility index (Phi) is 4.92. The summed E-state index contributed by atoms with van der Waals surface area (Å²) in [5.74, 6) is -0.898. The fourth-order valence-corrected chi connectivity index (χ4v) is 2.47. The van der Waals surface area contributed by atoms with E-state index in [1.54, 1.807) is 19.1 Å². The van der Waals surface area contributed by atoms with Crippen LogP contribution in [0.3, 0.4) is 0 Å². The molecule has 0 saturated carbocycles. The van der Waals surface area contributed by atoms with Gasteiger partial charge in [0.25, 0.3) is 0 Å². The maximum Gasteiger partial charge on any atom is 0.319 e. The van der Waals surface area contributed by atoms with Crippen molar-refractivity contribution in [2.45, 2.75) is 25.8 Å². The minimum absolute atomic E-state index is 0.00616. The lowest BCUT2D eigenvalue weighted by molar-refractivity contribution is -0.137. The molecule has 0 fully saturated rings. The molecule has 1 unspecified atom stereocenters. The van der Waals surface area contributed by atoms with Gasteiger partial charge in [-0.2, -0.15) is 8.75 Å². The molecule has 7 nitrogen and oxygen atoms in total. The van der Waals surface area contributed by atoms with Crippen LogP contribution >= 0.6 is 23.3 Å². The van der Waals surface area contributed by atoms with Gasteiger partial charge in [0.05, 0.1) is 22.4 Å². The first-order valence-electron chi connectivity index (χ1n) is 6.17. The van der Waals surface area contributed by atoms with Gasteiger partial charge >= 0.3 is 12.0 Å². The summed E-state index contributed by atoms with van der Waals surface area (Å²) >= 11 is 7.09. The van der Waals surface area contributed by atoms with Crippen molar-refractivity contribution in [3.05, 3.63) is 17.2 Å². The summed E-state index contributed by atoms with van der Waals surface area (Å²) in [7, 11) is 0. The number of rotatable bonds is 5. The number of carbonyl (C=O) groups excluding carboxylic acids is 1. The molecule has 0 aliphatic rings. The predicted octanol–water partition coefficient (Wildman–Crippen LogP) is 2.72. The number of carbonyl (C=O) groups is 2. The standard InChI is InChI=1S/C12H13ClN4O3S/c1-6(2-5-9(18)19)14-12(20)15-10-7(13)3-4-8-11(10)17-21-16-8/h3-4,6H,2,5H2,1H3,(H,18,19)(H2,14,15,20). The fraction of sp³-hybridized carbons (Fsp3) is 0.333. The van der Waals surface area contributed by atoms with Crippen LogP contribution in [0.5, 0.6) is 0 Å². The van der Waals surface area contributed by atoms with Crippen LogP contribution in [0.4, 0.5) is 10.5 Å². The zero-order valence-electron chi connectivity index (χ0n) is 11.1. The molecule has 0 bridgehead atoms. The van der Waals surface area contributed by atoms with Gasteiger partial charge in [-0.3, -0.25) is 4.79 Å². The molecular formula is C12H13ClN4O3S. The second kappa shape index (κ2) is 6.68. The molecule has 1 heterocycles. The number of amides is 2. The Bertz CT molecular complexity index is 676. The van der Waals surface area contributed by atoms with Crippen LogP contribution in [0.25, 0.3) is 11.0 Å². The van der Waals surface area contributed by atoms with E-state index in [1.807, 2.05) is 0 Å². The molecule has 1 aromatic carbocycles. The molecule has 1 aromatic heterocycles. The van der Waals surface area contributed by atoms with Gasteiger partial charge in [-0.25, -0.2) is 4.79 Å². The summed E-state index contributed by atoms with van der Waals surface area (Å²) in [6, 6.07) is 2.62. The second-order valence-electron chi connectivity index (χ2n) is 4.49. The van der Waals surface area contributed by atoms with Crippen molar-refractivity contribution in [3.63, 3.8) is 0 Å². The molecule has 0 saturated heterocycles. The number of nitrogens with zero attached hydrogens (tertiary/aromatic N) is 2. The number of halogens is 1. The average Bonchev–Trinajstić information content (AvgIpc) is 2.88. The molecule has 9 heteroatoms. The SMILES string of the molecule is CC(CCC(=O)O)NC(=O)Nc1c(Cl)ccc2nsnc12. The largest absolute Gasteiger partial charge is 0.481 e. The zero-order chi connectivity index (χ0) is 15.4. The second-order valence-corrected chi connectivity index (χ2v) is 5.42. The third-order valence-corrected chi connectivity index (χ3v) is 3.64. The van der Waals surface area contributed by atoms with Crippen molar-refractivity contribution in [1.82, 2.24) is 14.1 Å². The molecule has 112 valence electrons.